The number of esters is 1. The Balaban J connectivity index is 2.27. The van der Waals surface area contributed by atoms with Crippen molar-refractivity contribution < 1.29 is 19.1 Å². The second-order valence-corrected chi connectivity index (χ2v) is 7.41. The van der Waals surface area contributed by atoms with E-state index in [0.29, 0.717) is 31.5 Å². The number of likely N-dealkylation sites (tertiary alicyclic amines) is 1. The summed E-state index contributed by atoms with van der Waals surface area (Å²) in [7, 11) is 1.42. The number of hydrogen-bond donors (Lipinski definition) is 0. The van der Waals surface area contributed by atoms with Gasteiger partial charge in [-0.05, 0) is 38.5 Å². The number of ketones is 1. The van der Waals surface area contributed by atoms with E-state index in [4.69, 9.17) is 0 Å². The zero-order valence-corrected chi connectivity index (χ0v) is 16.8. The Kier molecular flexibility index (Phi) is 12.0. The van der Waals surface area contributed by atoms with Crippen LogP contribution in [-0.2, 0) is 19.1 Å². The summed E-state index contributed by atoms with van der Waals surface area (Å²) in [4.78, 5) is 37.4. The van der Waals surface area contributed by atoms with Crippen molar-refractivity contribution in [1.82, 2.24) is 4.90 Å². The van der Waals surface area contributed by atoms with Gasteiger partial charge in [-0.2, -0.15) is 0 Å². The van der Waals surface area contributed by atoms with E-state index < -0.39 is 0 Å². The first kappa shape index (κ1) is 22.7. The molecule has 0 radical (unpaired) electrons. The average molecular weight is 368 g/mol. The lowest BCUT2D eigenvalue weighted by atomic mass is 9.95. The highest BCUT2D eigenvalue weighted by Crippen LogP contribution is 2.23. The fourth-order valence-corrected chi connectivity index (χ4v) is 3.63. The van der Waals surface area contributed by atoms with Gasteiger partial charge in [-0.1, -0.05) is 32.6 Å². The number of carbonyl (C=O) groups excluding carboxylic acids is 3. The third-order valence-electron chi connectivity index (χ3n) is 5.26. The maximum absolute atomic E-state index is 12.3. The second-order valence-electron chi connectivity index (χ2n) is 7.41. The van der Waals surface area contributed by atoms with Crippen LogP contribution in [0.3, 0.4) is 0 Å². The molecular weight excluding hydrogens is 330 g/mol. The summed E-state index contributed by atoms with van der Waals surface area (Å²) >= 11 is 0. The van der Waals surface area contributed by atoms with Gasteiger partial charge in [0.1, 0.15) is 5.78 Å². The van der Waals surface area contributed by atoms with Gasteiger partial charge >= 0.3 is 5.97 Å². The van der Waals surface area contributed by atoms with Gasteiger partial charge in [0.2, 0.25) is 5.91 Å². The van der Waals surface area contributed by atoms with Gasteiger partial charge in [0.05, 0.1) is 7.11 Å². The highest BCUT2D eigenvalue weighted by atomic mass is 16.5. The zero-order valence-electron chi connectivity index (χ0n) is 16.8. The van der Waals surface area contributed by atoms with Crippen molar-refractivity contribution in [2.24, 2.45) is 0 Å². The minimum Gasteiger partial charge on any atom is -0.469 e. The van der Waals surface area contributed by atoms with E-state index in [2.05, 4.69) is 11.7 Å². The Morgan fingerprint density at radius 1 is 1.04 bits per heavy atom. The maximum Gasteiger partial charge on any atom is 0.305 e. The van der Waals surface area contributed by atoms with Crippen molar-refractivity contribution in [3.05, 3.63) is 0 Å². The van der Waals surface area contributed by atoms with Crippen molar-refractivity contribution in [2.75, 3.05) is 13.7 Å². The van der Waals surface area contributed by atoms with Gasteiger partial charge in [-0.15, -0.1) is 0 Å². The molecule has 0 aromatic heterocycles. The molecule has 0 aliphatic carbocycles. The third-order valence-corrected chi connectivity index (χ3v) is 5.26. The van der Waals surface area contributed by atoms with Crippen LogP contribution < -0.4 is 0 Å². The number of Topliss-reactive ketones (excluding diaryl/α,β-unsaturated/α-hetero) is 1. The molecule has 1 rings (SSSR count). The van der Waals surface area contributed by atoms with E-state index in [0.717, 1.165) is 70.8 Å². The molecule has 1 aliphatic rings. The number of piperidine rings is 1. The van der Waals surface area contributed by atoms with Crippen LogP contribution in [0.4, 0.5) is 0 Å². The standard InChI is InChI=1S/C21H37NO4/c1-3-4-7-12-19(23)16-15-18-11-10-13-20(24)22(18)17-9-6-5-8-14-21(25)26-2/h18H,3-17H2,1-2H3. The SMILES string of the molecule is CCCCCC(=O)CCC1CCCC(=O)N1CCCCCCC(=O)OC. The van der Waals surface area contributed by atoms with E-state index in [1.54, 1.807) is 0 Å². The fourth-order valence-electron chi connectivity index (χ4n) is 3.63. The molecule has 0 aromatic carbocycles. The van der Waals surface area contributed by atoms with Crippen molar-refractivity contribution in [2.45, 2.75) is 103 Å². The molecule has 1 amide bonds. The molecule has 150 valence electrons. The average Bonchev–Trinajstić information content (AvgIpc) is 2.64. The van der Waals surface area contributed by atoms with Crippen LogP contribution >= 0.6 is 0 Å². The molecule has 1 heterocycles. The first-order valence-electron chi connectivity index (χ1n) is 10.5. The highest BCUT2D eigenvalue weighted by Gasteiger charge is 2.27. The second kappa shape index (κ2) is 13.8. The molecule has 0 saturated carbocycles. The van der Waals surface area contributed by atoms with Crippen LogP contribution in [0, 0.1) is 0 Å². The molecule has 1 unspecified atom stereocenters. The maximum atomic E-state index is 12.3. The third kappa shape index (κ3) is 9.35. The number of hydrogen-bond acceptors (Lipinski definition) is 4. The Bertz CT molecular complexity index is 436. The Morgan fingerprint density at radius 2 is 1.77 bits per heavy atom. The normalized spacial score (nSPS) is 17.4. The number of carbonyl (C=O) groups is 3. The molecule has 0 bridgehead atoms. The predicted octanol–water partition coefficient (Wildman–Crippen LogP) is 4.42. The van der Waals surface area contributed by atoms with E-state index >= 15 is 0 Å². The van der Waals surface area contributed by atoms with Crippen molar-refractivity contribution >= 4 is 17.7 Å². The smallest absolute Gasteiger partial charge is 0.305 e. The molecule has 0 aromatic rings. The minimum absolute atomic E-state index is 0.153. The summed E-state index contributed by atoms with van der Waals surface area (Å²) in [5, 5.41) is 0. The van der Waals surface area contributed by atoms with Gasteiger partial charge in [0.15, 0.2) is 0 Å². The first-order valence-corrected chi connectivity index (χ1v) is 10.5. The number of ether oxygens (including phenoxy) is 1. The quantitative estimate of drug-likeness (QED) is 0.337. The van der Waals surface area contributed by atoms with E-state index in [1.807, 2.05) is 4.90 Å². The highest BCUT2D eigenvalue weighted by molar-refractivity contribution is 5.79. The van der Waals surface area contributed by atoms with Crippen LogP contribution in [-0.4, -0.2) is 42.3 Å². The molecule has 5 nitrogen and oxygen atoms in total. The minimum atomic E-state index is -0.153. The van der Waals surface area contributed by atoms with E-state index in [9.17, 15) is 14.4 Å². The van der Waals surface area contributed by atoms with Gasteiger partial charge < -0.3 is 9.64 Å². The van der Waals surface area contributed by atoms with Gasteiger partial charge in [0, 0.05) is 38.3 Å². The van der Waals surface area contributed by atoms with Gasteiger partial charge in [-0.3, -0.25) is 14.4 Å². The monoisotopic (exact) mass is 367 g/mol. The Morgan fingerprint density at radius 3 is 2.50 bits per heavy atom. The molecule has 1 aliphatic heterocycles. The molecule has 1 saturated heterocycles. The molecular formula is C21H37NO4. The number of methoxy groups -OCH3 is 1. The van der Waals surface area contributed by atoms with Crippen LogP contribution in [0.15, 0.2) is 0 Å². The topological polar surface area (TPSA) is 63.7 Å². The molecule has 26 heavy (non-hydrogen) atoms. The lowest BCUT2D eigenvalue weighted by Gasteiger charge is -2.36. The summed E-state index contributed by atoms with van der Waals surface area (Å²) in [5.41, 5.74) is 0. The lowest BCUT2D eigenvalue weighted by molar-refractivity contribution is -0.140. The Labute approximate surface area is 158 Å². The lowest BCUT2D eigenvalue weighted by Crippen LogP contribution is -2.44. The number of nitrogens with zero attached hydrogens (tertiary/aromatic N) is 1. The molecule has 1 atom stereocenters. The number of amides is 1. The Hall–Kier alpha value is -1.39. The van der Waals surface area contributed by atoms with Gasteiger partial charge in [-0.25, -0.2) is 0 Å². The van der Waals surface area contributed by atoms with Gasteiger partial charge in [0.25, 0.3) is 0 Å². The zero-order chi connectivity index (χ0) is 19.2. The van der Waals surface area contributed by atoms with Crippen LogP contribution in [0.1, 0.15) is 96.8 Å². The molecule has 0 spiro atoms. The summed E-state index contributed by atoms with van der Waals surface area (Å²) in [6, 6.07) is 0.237. The van der Waals surface area contributed by atoms with Crippen molar-refractivity contribution in [1.29, 1.82) is 0 Å². The van der Waals surface area contributed by atoms with E-state index in [-0.39, 0.29) is 17.9 Å². The summed E-state index contributed by atoms with van der Waals surface area (Å²) < 4.78 is 4.64. The largest absolute Gasteiger partial charge is 0.469 e. The summed E-state index contributed by atoms with van der Waals surface area (Å²) in [6.07, 6.45) is 12.3. The fraction of sp³-hybridized carbons (Fsp3) is 0.857. The molecule has 5 heteroatoms. The number of rotatable bonds is 14. The van der Waals surface area contributed by atoms with Crippen LogP contribution in [0.25, 0.3) is 0 Å². The van der Waals surface area contributed by atoms with Crippen LogP contribution in [0.2, 0.25) is 0 Å². The molecule has 1 fully saturated rings. The van der Waals surface area contributed by atoms with Crippen LogP contribution in [0.5, 0.6) is 0 Å². The summed E-state index contributed by atoms with van der Waals surface area (Å²) in [6.45, 7) is 2.93. The summed E-state index contributed by atoms with van der Waals surface area (Å²) in [5.74, 6) is 0.438. The van der Waals surface area contributed by atoms with E-state index in [1.165, 1.54) is 7.11 Å². The predicted molar refractivity (Wildman–Crippen MR) is 103 cm³/mol. The number of unbranched alkanes of at least 4 members (excludes halogenated alkanes) is 5. The van der Waals surface area contributed by atoms with Crippen molar-refractivity contribution in [3.8, 4) is 0 Å². The molecule has 0 N–H and O–H groups in total. The van der Waals surface area contributed by atoms with Crippen molar-refractivity contribution in [3.63, 3.8) is 0 Å². The first-order chi connectivity index (χ1) is 12.6.